The lowest BCUT2D eigenvalue weighted by Crippen LogP contribution is -2.24. The highest BCUT2D eigenvalue weighted by atomic mass is 16.6. The topological polar surface area (TPSA) is 66.8 Å². The van der Waals surface area contributed by atoms with E-state index in [1.165, 1.54) is 19.3 Å². The van der Waals surface area contributed by atoms with Crippen LogP contribution < -0.4 is 0 Å². The van der Waals surface area contributed by atoms with E-state index in [2.05, 4.69) is 13.8 Å². The highest BCUT2D eigenvalue weighted by Gasteiger charge is 2.38. The number of unbranched alkanes of at least 4 members (excludes halogenated alkanes) is 3. The minimum Gasteiger partial charge on any atom is -0.460 e. The Hall–Kier alpha value is -0.610. The van der Waals surface area contributed by atoms with Crippen LogP contribution in [0.5, 0.6) is 0 Å². The predicted molar refractivity (Wildman–Crippen MR) is 73.6 cm³/mol. The Bertz CT molecular complexity index is 265. The molecule has 2 N–H and O–H groups in total. The normalized spacial score (nSPS) is 24.8. The summed E-state index contributed by atoms with van der Waals surface area (Å²) in [7, 11) is 0. The summed E-state index contributed by atoms with van der Waals surface area (Å²) in [5.74, 6) is -0.0339. The van der Waals surface area contributed by atoms with Gasteiger partial charge in [0, 0.05) is 6.42 Å². The highest BCUT2D eigenvalue weighted by Crippen LogP contribution is 2.26. The van der Waals surface area contributed by atoms with E-state index in [4.69, 9.17) is 9.84 Å². The van der Waals surface area contributed by atoms with E-state index in [0.717, 1.165) is 18.8 Å². The molecule has 4 nitrogen and oxygen atoms in total. The summed E-state index contributed by atoms with van der Waals surface area (Å²) >= 11 is 0. The summed E-state index contributed by atoms with van der Waals surface area (Å²) in [5, 5.41) is 18.9. The third-order valence-electron chi connectivity index (χ3n) is 3.80. The molecule has 1 aliphatic rings. The molecule has 1 heterocycles. The van der Waals surface area contributed by atoms with Gasteiger partial charge in [0.05, 0.1) is 18.6 Å². The second-order valence-corrected chi connectivity index (χ2v) is 6.04. The first kappa shape index (κ1) is 16.4. The Morgan fingerprint density at radius 1 is 1.21 bits per heavy atom. The third-order valence-corrected chi connectivity index (χ3v) is 3.80. The number of hydrogen-bond acceptors (Lipinski definition) is 4. The van der Waals surface area contributed by atoms with Crippen molar-refractivity contribution in [2.75, 3.05) is 6.61 Å². The summed E-state index contributed by atoms with van der Waals surface area (Å²) in [6, 6.07) is 0. The average molecular weight is 272 g/mol. The molecule has 3 unspecified atom stereocenters. The van der Waals surface area contributed by atoms with E-state index in [1.54, 1.807) is 0 Å². The minimum atomic E-state index is -0.617. The highest BCUT2D eigenvalue weighted by molar-refractivity contribution is 5.75. The van der Waals surface area contributed by atoms with Crippen molar-refractivity contribution in [3.05, 3.63) is 0 Å². The minimum absolute atomic E-state index is 0.149. The van der Waals surface area contributed by atoms with Crippen molar-refractivity contribution in [1.29, 1.82) is 0 Å². The van der Waals surface area contributed by atoms with Gasteiger partial charge in [-0.2, -0.15) is 0 Å². The first-order valence-electron chi connectivity index (χ1n) is 7.54. The van der Waals surface area contributed by atoms with Crippen LogP contribution in [-0.4, -0.2) is 35.0 Å². The number of carbonyl (C=O) groups is 1. The lowest BCUT2D eigenvalue weighted by molar-refractivity contribution is -0.147. The van der Waals surface area contributed by atoms with Crippen LogP contribution in [0.4, 0.5) is 0 Å². The van der Waals surface area contributed by atoms with E-state index in [-0.39, 0.29) is 12.6 Å². The van der Waals surface area contributed by atoms with Crippen LogP contribution in [0.2, 0.25) is 0 Å². The average Bonchev–Trinajstić information content (AvgIpc) is 2.74. The number of ether oxygens (including phenoxy) is 1. The zero-order valence-corrected chi connectivity index (χ0v) is 12.2. The number of carbonyl (C=O) groups excluding carboxylic acids is 1. The quantitative estimate of drug-likeness (QED) is 0.499. The van der Waals surface area contributed by atoms with Gasteiger partial charge in [0.25, 0.3) is 0 Å². The molecule has 1 aliphatic heterocycles. The molecule has 0 amide bonds. The maximum absolute atomic E-state index is 11.5. The Morgan fingerprint density at radius 3 is 2.37 bits per heavy atom. The number of cyclic esters (lactones) is 1. The first-order chi connectivity index (χ1) is 9.04. The van der Waals surface area contributed by atoms with E-state index in [9.17, 15) is 9.90 Å². The van der Waals surface area contributed by atoms with Crippen LogP contribution in [0.15, 0.2) is 0 Å². The molecular formula is C15H28O4. The second-order valence-electron chi connectivity index (χ2n) is 6.04. The van der Waals surface area contributed by atoms with Gasteiger partial charge in [-0.15, -0.1) is 0 Å². The Morgan fingerprint density at radius 2 is 1.84 bits per heavy atom. The van der Waals surface area contributed by atoms with Crippen LogP contribution in [0.1, 0.15) is 58.8 Å². The molecule has 1 fully saturated rings. The van der Waals surface area contributed by atoms with Gasteiger partial charge in [-0.1, -0.05) is 46.0 Å². The van der Waals surface area contributed by atoms with Crippen molar-refractivity contribution in [2.45, 2.75) is 71.0 Å². The van der Waals surface area contributed by atoms with E-state index < -0.39 is 18.1 Å². The Balaban J connectivity index is 2.11. The molecule has 0 aromatic carbocycles. The summed E-state index contributed by atoms with van der Waals surface area (Å²) in [4.78, 5) is 11.5. The fourth-order valence-corrected chi connectivity index (χ4v) is 2.57. The third kappa shape index (κ3) is 5.91. The van der Waals surface area contributed by atoms with Crippen molar-refractivity contribution in [2.24, 2.45) is 11.8 Å². The number of aliphatic hydroxyl groups is 2. The van der Waals surface area contributed by atoms with Gasteiger partial charge in [-0.3, -0.25) is 4.79 Å². The standard InChI is InChI=1S/C15H28O4/c1-11(2)7-5-3-4-6-8-14(17)13-9-12(10-16)19-15(13)18/h11-14,16-17H,3-10H2,1-2H3. The smallest absolute Gasteiger partial charge is 0.312 e. The van der Waals surface area contributed by atoms with Crippen molar-refractivity contribution >= 4 is 5.97 Å². The maximum atomic E-state index is 11.5. The molecule has 0 aromatic heterocycles. The lowest BCUT2D eigenvalue weighted by Gasteiger charge is -2.14. The van der Waals surface area contributed by atoms with Crippen LogP contribution in [0.25, 0.3) is 0 Å². The fourth-order valence-electron chi connectivity index (χ4n) is 2.57. The van der Waals surface area contributed by atoms with Crippen LogP contribution in [0.3, 0.4) is 0 Å². The molecule has 19 heavy (non-hydrogen) atoms. The zero-order valence-electron chi connectivity index (χ0n) is 12.2. The van der Waals surface area contributed by atoms with Gasteiger partial charge in [0.1, 0.15) is 6.10 Å². The zero-order chi connectivity index (χ0) is 14.3. The van der Waals surface area contributed by atoms with Crippen LogP contribution >= 0.6 is 0 Å². The van der Waals surface area contributed by atoms with Gasteiger partial charge in [-0.05, 0) is 12.3 Å². The first-order valence-corrected chi connectivity index (χ1v) is 7.54. The lowest BCUT2D eigenvalue weighted by atomic mass is 9.94. The largest absolute Gasteiger partial charge is 0.460 e. The van der Waals surface area contributed by atoms with E-state index in [1.807, 2.05) is 0 Å². The fraction of sp³-hybridized carbons (Fsp3) is 0.933. The molecule has 112 valence electrons. The Kier molecular flexibility index (Phi) is 7.39. The van der Waals surface area contributed by atoms with Crippen molar-refractivity contribution in [3.63, 3.8) is 0 Å². The summed E-state index contributed by atoms with van der Waals surface area (Å²) in [6.07, 6.45) is 5.82. The van der Waals surface area contributed by atoms with Gasteiger partial charge >= 0.3 is 5.97 Å². The maximum Gasteiger partial charge on any atom is 0.312 e. The van der Waals surface area contributed by atoms with Gasteiger partial charge in [-0.25, -0.2) is 0 Å². The van der Waals surface area contributed by atoms with Crippen molar-refractivity contribution in [3.8, 4) is 0 Å². The molecule has 0 saturated carbocycles. The number of rotatable bonds is 9. The molecule has 0 aromatic rings. The monoisotopic (exact) mass is 272 g/mol. The summed E-state index contributed by atoms with van der Waals surface area (Å²) < 4.78 is 4.97. The number of esters is 1. The Labute approximate surface area is 116 Å². The summed E-state index contributed by atoms with van der Waals surface area (Å²) in [5.41, 5.74) is 0. The molecular weight excluding hydrogens is 244 g/mol. The molecule has 0 bridgehead atoms. The van der Waals surface area contributed by atoms with E-state index in [0.29, 0.717) is 12.8 Å². The van der Waals surface area contributed by atoms with Crippen LogP contribution in [0, 0.1) is 11.8 Å². The number of hydrogen-bond donors (Lipinski definition) is 2. The van der Waals surface area contributed by atoms with Gasteiger partial charge in [0.2, 0.25) is 0 Å². The molecule has 0 radical (unpaired) electrons. The second kappa shape index (κ2) is 8.54. The van der Waals surface area contributed by atoms with Gasteiger partial charge in [0.15, 0.2) is 0 Å². The molecule has 0 spiro atoms. The molecule has 1 rings (SSSR count). The SMILES string of the molecule is CC(C)CCCCCCC(O)C1CC(CO)OC1=O. The molecule has 3 atom stereocenters. The van der Waals surface area contributed by atoms with Crippen molar-refractivity contribution in [1.82, 2.24) is 0 Å². The van der Waals surface area contributed by atoms with Gasteiger partial charge < -0.3 is 14.9 Å². The molecule has 4 heteroatoms. The summed E-state index contributed by atoms with van der Waals surface area (Å²) in [6.45, 7) is 4.31. The van der Waals surface area contributed by atoms with Crippen molar-refractivity contribution < 1.29 is 19.7 Å². The van der Waals surface area contributed by atoms with Crippen LogP contribution in [-0.2, 0) is 9.53 Å². The number of aliphatic hydroxyl groups excluding tert-OH is 2. The van der Waals surface area contributed by atoms with E-state index >= 15 is 0 Å². The molecule has 1 saturated heterocycles. The predicted octanol–water partition coefficient (Wildman–Crippen LogP) is 2.27. The molecule has 0 aliphatic carbocycles.